The van der Waals surface area contributed by atoms with Crippen LogP contribution in [0.1, 0.15) is 81.2 Å². The third-order valence-corrected chi connectivity index (χ3v) is 5.98. The summed E-state index contributed by atoms with van der Waals surface area (Å²) in [7, 11) is 0. The number of hydrogen-bond donors (Lipinski definition) is 0. The Kier molecular flexibility index (Phi) is 13.3. The van der Waals surface area contributed by atoms with Crippen LogP contribution in [0.25, 0.3) is 0 Å². The van der Waals surface area contributed by atoms with Crippen molar-refractivity contribution in [2.75, 3.05) is 11.4 Å². The number of carbonyl (C=O) groups is 1. The summed E-state index contributed by atoms with van der Waals surface area (Å²) in [6, 6.07) is 12.8. The molecule has 3 heterocycles. The van der Waals surface area contributed by atoms with Crippen molar-refractivity contribution in [2.45, 2.75) is 80.3 Å². The molecule has 0 amide bonds. The summed E-state index contributed by atoms with van der Waals surface area (Å²) in [6.45, 7) is 16.1. The lowest BCUT2D eigenvalue weighted by Crippen LogP contribution is -2.37. The highest BCUT2D eigenvalue weighted by Crippen LogP contribution is 2.28. The number of hydrogen-bond acceptors (Lipinski definition) is 4. The third-order valence-electron chi connectivity index (χ3n) is 5.05. The highest BCUT2D eigenvalue weighted by atomic mass is 32.1. The van der Waals surface area contributed by atoms with Gasteiger partial charge in [-0.2, -0.15) is 0 Å². The molecule has 1 aromatic carbocycles. The van der Waals surface area contributed by atoms with E-state index in [4.69, 9.17) is 4.98 Å². The molecule has 0 aliphatic carbocycles. The Morgan fingerprint density at radius 1 is 1.06 bits per heavy atom. The van der Waals surface area contributed by atoms with E-state index in [-0.39, 0.29) is 0 Å². The van der Waals surface area contributed by atoms with Crippen LogP contribution < -0.4 is 4.90 Å². The van der Waals surface area contributed by atoms with Gasteiger partial charge in [0, 0.05) is 24.2 Å². The highest BCUT2D eigenvalue weighted by Gasteiger charge is 2.21. The Hall–Kier alpha value is -2.40. The van der Waals surface area contributed by atoms with Gasteiger partial charge in [0.15, 0.2) is 11.4 Å². The van der Waals surface area contributed by atoms with E-state index in [1.165, 1.54) is 24.8 Å². The lowest BCUT2D eigenvalue weighted by atomic mass is 10.1. The fourth-order valence-corrected chi connectivity index (χ4v) is 4.45. The topological polar surface area (TPSA) is 38.1 Å². The number of thiazole rings is 1. The lowest BCUT2D eigenvalue weighted by Gasteiger charge is -2.33. The first-order valence-electron chi connectivity index (χ1n) is 11.9. The molecule has 0 N–H and O–H groups in total. The summed E-state index contributed by atoms with van der Waals surface area (Å²) in [5.74, 6) is 0. The van der Waals surface area contributed by atoms with Crippen molar-refractivity contribution >= 4 is 22.8 Å². The van der Waals surface area contributed by atoms with E-state index in [1.54, 1.807) is 11.3 Å². The molecule has 1 aliphatic heterocycles. The number of aldehydes is 1. The van der Waals surface area contributed by atoms with Gasteiger partial charge in [-0.3, -0.25) is 4.79 Å². The molecule has 2 aromatic heterocycles. The number of piperidine rings is 1. The maximum atomic E-state index is 11.1. The number of nitrogens with zero attached hydrogens (tertiary/aromatic N) is 3. The van der Waals surface area contributed by atoms with Crippen LogP contribution in [0, 0.1) is 13.8 Å². The number of aryl methyl sites for hydroxylation is 2. The van der Waals surface area contributed by atoms with Crippen molar-refractivity contribution in [1.29, 1.82) is 0 Å². The van der Waals surface area contributed by atoms with Crippen LogP contribution in [-0.2, 0) is 6.54 Å². The first-order valence-corrected chi connectivity index (χ1v) is 12.8. The van der Waals surface area contributed by atoms with Crippen LogP contribution in [-0.4, -0.2) is 28.4 Å². The molecule has 3 aromatic rings. The molecule has 5 heteroatoms. The molecule has 32 heavy (non-hydrogen) atoms. The highest BCUT2D eigenvalue weighted by molar-refractivity contribution is 7.13. The zero-order valence-electron chi connectivity index (χ0n) is 21.0. The van der Waals surface area contributed by atoms with Gasteiger partial charge in [0.05, 0.1) is 17.9 Å². The SMILES string of the molecule is CC.CC.Cc1cc(C=O)n(Cc2csc(N3CCCCC3C)n2)c1.Cc1ccccc1. The molecule has 1 aliphatic rings. The van der Waals surface area contributed by atoms with Gasteiger partial charge < -0.3 is 9.47 Å². The largest absolute Gasteiger partial charge is 0.345 e. The molecule has 1 atom stereocenters. The molecule has 0 saturated carbocycles. The molecule has 1 fully saturated rings. The average Bonchev–Trinajstić information content (AvgIpc) is 3.44. The van der Waals surface area contributed by atoms with Gasteiger partial charge in [0.1, 0.15) is 0 Å². The molecule has 0 bridgehead atoms. The fraction of sp³-hybridized carbons (Fsp3) is 0.481. The zero-order valence-corrected chi connectivity index (χ0v) is 21.8. The molecule has 0 spiro atoms. The molecule has 1 saturated heterocycles. The van der Waals surface area contributed by atoms with Gasteiger partial charge in [-0.1, -0.05) is 63.6 Å². The maximum absolute atomic E-state index is 11.1. The number of carbonyl (C=O) groups excluding carboxylic acids is 1. The number of rotatable bonds is 4. The van der Waals surface area contributed by atoms with Crippen LogP contribution >= 0.6 is 11.3 Å². The Balaban J connectivity index is 0.000000390. The van der Waals surface area contributed by atoms with Gasteiger partial charge in [-0.15, -0.1) is 11.3 Å². The molecule has 4 nitrogen and oxygen atoms in total. The average molecular weight is 456 g/mol. The summed E-state index contributed by atoms with van der Waals surface area (Å²) in [4.78, 5) is 18.3. The second-order valence-corrected chi connectivity index (χ2v) is 8.34. The standard InChI is InChI=1S/C16H21N3OS.C7H8.2C2H6/c1-12-7-15(10-20)18(8-12)9-14-11-21-16(17-14)19-6-4-3-5-13(19)2;1-7-5-3-2-4-6-7;2*1-2/h7-8,10-11,13H,3-6,9H2,1-2H3;2-6H,1H3;2*1-2H3. The Morgan fingerprint density at radius 2 is 1.75 bits per heavy atom. The van der Waals surface area contributed by atoms with Crippen molar-refractivity contribution in [3.05, 3.63) is 70.5 Å². The Labute approximate surface area is 199 Å². The smallest absolute Gasteiger partial charge is 0.185 e. The first-order chi connectivity index (χ1) is 15.6. The summed E-state index contributed by atoms with van der Waals surface area (Å²) < 4.78 is 1.97. The molecular weight excluding hydrogens is 414 g/mol. The minimum absolute atomic E-state index is 0.581. The van der Waals surface area contributed by atoms with Crippen LogP contribution in [0.5, 0.6) is 0 Å². The molecular formula is C27H41N3OS. The van der Waals surface area contributed by atoms with Crippen molar-refractivity contribution in [2.24, 2.45) is 0 Å². The van der Waals surface area contributed by atoms with Gasteiger partial charge in [0.25, 0.3) is 0 Å². The predicted octanol–water partition coefficient (Wildman–Crippen LogP) is 7.54. The summed E-state index contributed by atoms with van der Waals surface area (Å²) >= 11 is 1.71. The maximum Gasteiger partial charge on any atom is 0.185 e. The molecule has 4 rings (SSSR count). The van der Waals surface area contributed by atoms with Gasteiger partial charge in [0.2, 0.25) is 0 Å². The van der Waals surface area contributed by atoms with E-state index in [0.717, 1.165) is 29.2 Å². The monoisotopic (exact) mass is 455 g/mol. The first kappa shape index (κ1) is 27.6. The molecule has 0 radical (unpaired) electrons. The Bertz CT molecular complexity index is 885. The van der Waals surface area contributed by atoms with E-state index >= 15 is 0 Å². The van der Waals surface area contributed by atoms with E-state index in [1.807, 2.05) is 69.6 Å². The summed E-state index contributed by atoms with van der Waals surface area (Å²) in [5.41, 5.74) is 4.18. The van der Waals surface area contributed by atoms with E-state index in [9.17, 15) is 4.79 Å². The number of anilines is 1. The second-order valence-electron chi connectivity index (χ2n) is 7.50. The fourth-order valence-electron chi connectivity index (χ4n) is 3.50. The van der Waals surface area contributed by atoms with E-state index < -0.39 is 0 Å². The van der Waals surface area contributed by atoms with Crippen LogP contribution in [0.15, 0.2) is 48.0 Å². The minimum atomic E-state index is 0.581. The normalized spacial score (nSPS) is 14.7. The quantitative estimate of drug-likeness (QED) is 0.381. The molecule has 176 valence electrons. The van der Waals surface area contributed by atoms with Crippen molar-refractivity contribution in [3.63, 3.8) is 0 Å². The predicted molar refractivity (Wildman–Crippen MR) is 140 cm³/mol. The molecule has 1 unspecified atom stereocenters. The second kappa shape index (κ2) is 15.4. The summed E-state index contributed by atoms with van der Waals surface area (Å²) in [5, 5.41) is 3.23. The summed E-state index contributed by atoms with van der Waals surface area (Å²) in [6.07, 6.45) is 6.74. The Morgan fingerprint density at radius 3 is 2.31 bits per heavy atom. The lowest BCUT2D eigenvalue weighted by molar-refractivity contribution is 0.111. The van der Waals surface area contributed by atoms with Gasteiger partial charge >= 0.3 is 0 Å². The van der Waals surface area contributed by atoms with Crippen molar-refractivity contribution in [1.82, 2.24) is 9.55 Å². The van der Waals surface area contributed by atoms with Crippen LogP contribution in [0.4, 0.5) is 5.13 Å². The van der Waals surface area contributed by atoms with Gasteiger partial charge in [-0.25, -0.2) is 4.98 Å². The van der Waals surface area contributed by atoms with E-state index in [2.05, 4.69) is 36.3 Å². The number of benzene rings is 1. The number of aromatic nitrogens is 2. The zero-order chi connectivity index (χ0) is 23.9. The van der Waals surface area contributed by atoms with E-state index in [0.29, 0.717) is 18.3 Å². The van der Waals surface area contributed by atoms with Crippen LogP contribution in [0.2, 0.25) is 0 Å². The van der Waals surface area contributed by atoms with Crippen molar-refractivity contribution < 1.29 is 4.79 Å². The van der Waals surface area contributed by atoms with Crippen LogP contribution in [0.3, 0.4) is 0 Å². The van der Waals surface area contributed by atoms with Gasteiger partial charge in [-0.05, 0) is 51.7 Å². The minimum Gasteiger partial charge on any atom is -0.345 e. The van der Waals surface area contributed by atoms with Crippen molar-refractivity contribution in [3.8, 4) is 0 Å². The third kappa shape index (κ3) is 8.62.